The highest BCUT2D eigenvalue weighted by Crippen LogP contribution is 2.61. The number of aromatic nitrogens is 4. The van der Waals surface area contributed by atoms with Crippen molar-refractivity contribution in [3.05, 3.63) is 73.4 Å². The Hall–Kier alpha value is -3.74. The average Bonchev–Trinajstić information content (AvgIpc) is 3.86. The summed E-state index contributed by atoms with van der Waals surface area (Å²) in [6, 6.07) is 0. The van der Waals surface area contributed by atoms with Crippen molar-refractivity contribution in [3.63, 3.8) is 0 Å². The number of anilines is 1. The molecule has 0 aromatic carbocycles. The van der Waals surface area contributed by atoms with Crippen molar-refractivity contribution in [2.24, 2.45) is 5.41 Å². The van der Waals surface area contributed by atoms with Crippen LogP contribution in [0.5, 0.6) is 0 Å². The molecule has 24 nitrogen and oxygen atoms in total. The number of aliphatic hydroxyl groups excluding tert-OH is 2. The molecule has 1 fully saturated rings. The van der Waals surface area contributed by atoms with Gasteiger partial charge in [0.25, 0.3) is 0 Å². The molecule has 2 aromatic rings. The molecule has 398 valence electrons. The summed E-state index contributed by atoms with van der Waals surface area (Å²) < 4.78 is 62.4. The van der Waals surface area contributed by atoms with Gasteiger partial charge in [0.1, 0.15) is 36.3 Å². The van der Waals surface area contributed by atoms with Gasteiger partial charge in [0, 0.05) is 37.1 Å². The molecular weight excluding hydrogens is 1010 g/mol. The van der Waals surface area contributed by atoms with Crippen LogP contribution in [0.3, 0.4) is 0 Å². The SMILES string of the molecule is CCCCC/C=C\C/C=C\C/C=C\C/C=C\CC/C=C/CC(=O)SCCNC(=O)CCNC(=O)[C@H](O)C(C)(C)COP(=O)(O)OP(=O)(O)OC[C@H]1O[C@@H](n2cnc3c(N)ncnc32)[C@H](O)[C@@H]1OP(=O)(O)O. The Kier molecular flexibility index (Phi) is 27.0. The van der Waals surface area contributed by atoms with Crippen LogP contribution in [-0.4, -0.2) is 123 Å². The minimum Gasteiger partial charge on any atom is -0.386 e. The first kappa shape index (κ1) is 61.6. The number of carbonyl (C=O) groups is 3. The molecule has 1 aliphatic rings. The van der Waals surface area contributed by atoms with Crippen LogP contribution in [0.25, 0.3) is 11.2 Å². The Balaban J connectivity index is 1.29. The van der Waals surface area contributed by atoms with Crippen molar-refractivity contribution in [1.82, 2.24) is 30.2 Å². The predicted molar refractivity (Wildman–Crippen MR) is 265 cm³/mol. The Labute approximate surface area is 417 Å². The highest BCUT2D eigenvalue weighted by atomic mass is 32.2. The number of hydrogen-bond acceptors (Lipinski definition) is 18. The summed E-state index contributed by atoms with van der Waals surface area (Å²) in [6.45, 7) is 2.69. The molecule has 2 amide bonds. The molecule has 0 bridgehead atoms. The van der Waals surface area contributed by atoms with Gasteiger partial charge in [0.15, 0.2) is 22.8 Å². The summed E-state index contributed by atoms with van der Waals surface area (Å²) in [4.78, 5) is 88.4. The van der Waals surface area contributed by atoms with E-state index in [-0.39, 0.29) is 48.0 Å². The summed E-state index contributed by atoms with van der Waals surface area (Å²) >= 11 is 1.08. The predicted octanol–water partition coefficient (Wildman–Crippen LogP) is 5.37. The monoisotopic (exact) mass is 1080 g/mol. The number of unbranched alkanes of at least 4 members (excludes halogenated alkanes) is 4. The number of amides is 2. The van der Waals surface area contributed by atoms with E-state index in [1.54, 1.807) is 0 Å². The van der Waals surface area contributed by atoms with E-state index >= 15 is 0 Å². The summed E-state index contributed by atoms with van der Waals surface area (Å²) in [5.41, 5.74) is 4.27. The molecule has 0 radical (unpaired) electrons. The van der Waals surface area contributed by atoms with Gasteiger partial charge in [-0.3, -0.25) is 32.5 Å². The summed E-state index contributed by atoms with van der Waals surface area (Å²) in [7, 11) is -16.4. The molecule has 0 spiro atoms. The van der Waals surface area contributed by atoms with Crippen molar-refractivity contribution in [2.75, 3.05) is 37.8 Å². The zero-order valence-electron chi connectivity index (χ0n) is 39.9. The van der Waals surface area contributed by atoms with E-state index < -0.39 is 84.6 Å². The second-order valence-electron chi connectivity index (χ2n) is 16.6. The number of hydrogen-bond donors (Lipinski definition) is 9. The van der Waals surface area contributed by atoms with Gasteiger partial charge in [-0.1, -0.05) is 106 Å². The van der Waals surface area contributed by atoms with Crippen LogP contribution in [0.1, 0.15) is 97.6 Å². The van der Waals surface area contributed by atoms with E-state index in [0.717, 1.165) is 67.5 Å². The minimum absolute atomic E-state index is 0.0296. The van der Waals surface area contributed by atoms with E-state index in [9.17, 15) is 57.9 Å². The van der Waals surface area contributed by atoms with Crippen molar-refractivity contribution in [1.29, 1.82) is 0 Å². The number of imidazole rings is 1. The third kappa shape index (κ3) is 23.8. The largest absolute Gasteiger partial charge is 0.481 e. The highest BCUT2D eigenvalue weighted by Gasteiger charge is 2.50. The normalized spacial score (nSPS) is 20.2. The number of nitrogens with zero attached hydrogens (tertiary/aromatic N) is 4. The standard InChI is InChI=1S/C43H68N7O17P3S/c1-4-5-6-7-8-9-10-11-12-13-14-15-16-17-18-19-20-21-22-23-34(52)71-27-26-45-33(51)24-25-46-41(55)38(54)43(2,3)29-64-70(61,62)67-69(59,60)63-28-32-37(66-68(56,57)58)36(53)42(65-32)50-31-49-35-39(44)47-30-48-40(35)50/h8-9,11-12,14-15,17-18,21-22,30-32,36-38,42,53-54H,4-7,10,13,16,19-20,23-29H2,1-3H3,(H,45,51)(H,46,55)(H,59,60)(H,61,62)(H2,44,47,48)(H2,56,57,58)/b9-8-,12-11-,15-14-,18-17-,22-21+/t32-,36-,37-,38+,42-/m1/s1. The Morgan fingerprint density at radius 3 is 2.14 bits per heavy atom. The Morgan fingerprint density at radius 1 is 0.873 bits per heavy atom. The van der Waals surface area contributed by atoms with Crippen LogP contribution in [0.15, 0.2) is 73.4 Å². The third-order valence-electron chi connectivity index (χ3n) is 10.2. The minimum atomic E-state index is -5.58. The number of rotatable bonds is 34. The van der Waals surface area contributed by atoms with E-state index in [1.807, 2.05) is 12.2 Å². The molecule has 0 aliphatic carbocycles. The fraction of sp³-hybridized carbons (Fsp3) is 0.581. The number of fused-ring (bicyclic) bond motifs is 1. The maximum Gasteiger partial charge on any atom is 0.481 e. The van der Waals surface area contributed by atoms with E-state index in [4.69, 9.17) is 19.5 Å². The van der Waals surface area contributed by atoms with Crippen molar-refractivity contribution < 1.29 is 80.5 Å². The number of carbonyl (C=O) groups excluding carboxylic acids is 3. The van der Waals surface area contributed by atoms with Gasteiger partial charge in [-0.25, -0.2) is 28.6 Å². The number of thioether (sulfide) groups is 1. The lowest BCUT2D eigenvalue weighted by Gasteiger charge is -2.30. The first-order valence-electron chi connectivity index (χ1n) is 22.9. The van der Waals surface area contributed by atoms with Crippen molar-refractivity contribution in [2.45, 2.75) is 122 Å². The molecule has 3 heterocycles. The first-order chi connectivity index (χ1) is 33.6. The molecule has 1 saturated heterocycles. The van der Waals surface area contributed by atoms with Gasteiger partial charge in [-0.15, -0.1) is 0 Å². The molecule has 0 saturated carbocycles. The molecule has 3 rings (SSSR count). The number of nitrogens with two attached hydrogens (primary N) is 1. The maximum atomic E-state index is 12.7. The highest BCUT2D eigenvalue weighted by molar-refractivity contribution is 8.13. The summed E-state index contributed by atoms with van der Waals surface area (Å²) in [6.07, 6.45) is 23.8. The molecule has 10 N–H and O–H groups in total. The maximum absolute atomic E-state index is 12.7. The van der Waals surface area contributed by atoms with Crippen LogP contribution in [-0.2, 0) is 50.7 Å². The lowest BCUT2D eigenvalue weighted by atomic mass is 9.87. The van der Waals surface area contributed by atoms with E-state index in [0.29, 0.717) is 5.75 Å². The van der Waals surface area contributed by atoms with Gasteiger partial charge < -0.3 is 50.9 Å². The van der Waals surface area contributed by atoms with Crippen LogP contribution < -0.4 is 16.4 Å². The molecule has 28 heteroatoms. The van der Waals surface area contributed by atoms with Crippen molar-refractivity contribution in [3.8, 4) is 0 Å². The number of nitrogens with one attached hydrogen (secondary N) is 2. The topological polar surface area (TPSA) is 364 Å². The second kappa shape index (κ2) is 31.1. The number of nitrogen functional groups attached to an aromatic ring is 1. The molecule has 71 heavy (non-hydrogen) atoms. The number of allylic oxidation sites excluding steroid dienone is 10. The van der Waals surface area contributed by atoms with E-state index in [1.165, 1.54) is 33.1 Å². The van der Waals surface area contributed by atoms with Crippen LogP contribution in [0.2, 0.25) is 0 Å². The van der Waals surface area contributed by atoms with Gasteiger partial charge in [-0.2, -0.15) is 4.31 Å². The first-order valence-corrected chi connectivity index (χ1v) is 28.4. The smallest absolute Gasteiger partial charge is 0.386 e. The zero-order chi connectivity index (χ0) is 52.5. The molecular formula is C43H68N7O17P3S. The lowest BCUT2D eigenvalue weighted by Crippen LogP contribution is -2.46. The number of phosphoric ester groups is 3. The fourth-order valence-electron chi connectivity index (χ4n) is 6.40. The van der Waals surface area contributed by atoms with Crippen LogP contribution >= 0.6 is 35.2 Å². The van der Waals surface area contributed by atoms with Gasteiger partial charge in [0.2, 0.25) is 11.8 Å². The van der Waals surface area contributed by atoms with Crippen LogP contribution in [0, 0.1) is 5.41 Å². The molecule has 2 unspecified atom stereocenters. The lowest BCUT2D eigenvalue weighted by molar-refractivity contribution is -0.137. The second-order valence-corrected chi connectivity index (χ2v) is 22.0. The van der Waals surface area contributed by atoms with Gasteiger partial charge in [0.05, 0.1) is 19.5 Å². The van der Waals surface area contributed by atoms with E-state index in [2.05, 4.69) is 90.0 Å². The summed E-state index contributed by atoms with van der Waals surface area (Å²) in [5, 5.41) is 26.5. The quantitative estimate of drug-likeness (QED) is 0.0242. The number of aliphatic hydroxyl groups is 2. The molecule has 1 aliphatic heterocycles. The fourth-order valence-corrected chi connectivity index (χ4v) is 9.88. The number of ether oxygens (including phenoxy) is 1. The van der Waals surface area contributed by atoms with Gasteiger partial charge >= 0.3 is 23.5 Å². The summed E-state index contributed by atoms with van der Waals surface area (Å²) in [5.74, 6) is -1.12. The number of phosphoric acid groups is 3. The zero-order valence-corrected chi connectivity index (χ0v) is 43.4. The van der Waals surface area contributed by atoms with Gasteiger partial charge in [-0.05, 0) is 44.9 Å². The average molecular weight is 1080 g/mol. The molecule has 7 atom stereocenters. The Morgan fingerprint density at radius 2 is 1.49 bits per heavy atom. The molecule has 2 aromatic heterocycles. The Bertz CT molecular complexity index is 2310. The third-order valence-corrected chi connectivity index (χ3v) is 14.2. The van der Waals surface area contributed by atoms with Crippen molar-refractivity contribution >= 4 is 69.1 Å². The van der Waals surface area contributed by atoms with Crippen LogP contribution in [0.4, 0.5) is 5.82 Å².